The van der Waals surface area contributed by atoms with Gasteiger partial charge in [0.25, 0.3) is 10.0 Å². The van der Waals surface area contributed by atoms with Crippen molar-refractivity contribution in [3.8, 4) is 0 Å². The molecule has 1 N–H and O–H groups in total. The van der Waals surface area contributed by atoms with Crippen LogP contribution in [0.4, 0.5) is 5.69 Å². The third-order valence-corrected chi connectivity index (χ3v) is 5.15. The topological polar surface area (TPSA) is 71.4 Å². The summed E-state index contributed by atoms with van der Waals surface area (Å²) < 4.78 is 29.4. The van der Waals surface area contributed by atoms with Gasteiger partial charge in [0.15, 0.2) is 0 Å². The molecule has 0 aliphatic carbocycles. The lowest BCUT2D eigenvalue weighted by Crippen LogP contribution is -2.11. The summed E-state index contributed by atoms with van der Waals surface area (Å²) in [6.45, 7) is 1.74. The summed E-state index contributed by atoms with van der Waals surface area (Å²) >= 11 is 3.36. The molecule has 1 aliphatic heterocycles. The number of nitrogens with zero attached hydrogens (tertiary/aromatic N) is 2. The number of anilines is 1. The van der Waals surface area contributed by atoms with Crippen LogP contribution in [-0.2, 0) is 10.0 Å². The highest BCUT2D eigenvalue weighted by molar-refractivity contribution is 9.10. The van der Waals surface area contributed by atoms with Crippen LogP contribution in [0.2, 0.25) is 0 Å². The summed E-state index contributed by atoms with van der Waals surface area (Å²) in [6, 6.07) is 10.7. The number of sulfonamides is 1. The lowest BCUT2D eigenvalue weighted by molar-refractivity contribution is 0.608. The van der Waals surface area contributed by atoms with Crippen LogP contribution in [0.25, 0.3) is 4.91 Å². The van der Waals surface area contributed by atoms with Crippen molar-refractivity contribution in [2.75, 3.05) is 5.32 Å². The number of nitrogens with one attached hydrogen (secondary N) is 1. The summed E-state index contributed by atoms with van der Waals surface area (Å²) in [5.74, 6) is 0.322. The van der Waals surface area contributed by atoms with Crippen molar-refractivity contribution < 1.29 is 8.42 Å². The molecular weight excluding hydrogens is 366 g/mol. The van der Waals surface area contributed by atoms with Crippen LogP contribution in [0, 0.1) is 0 Å². The largest absolute Gasteiger partial charge is 0.338 e. The average molecular weight is 378 g/mol. The lowest BCUT2D eigenvalue weighted by atomic mass is 10.1. The van der Waals surface area contributed by atoms with Crippen molar-refractivity contribution in [1.29, 1.82) is 0 Å². The monoisotopic (exact) mass is 377 g/mol. The molecule has 5 nitrogen and oxygen atoms in total. The Kier molecular flexibility index (Phi) is 3.84. The molecule has 0 bridgehead atoms. The van der Waals surface area contributed by atoms with Gasteiger partial charge in [0.2, 0.25) is 0 Å². The van der Waals surface area contributed by atoms with E-state index < -0.39 is 10.0 Å². The van der Waals surface area contributed by atoms with Crippen LogP contribution in [0.15, 0.2) is 63.2 Å². The molecule has 0 atom stereocenters. The molecule has 0 saturated heterocycles. The van der Waals surface area contributed by atoms with Gasteiger partial charge < -0.3 is 5.32 Å². The average Bonchev–Trinajstić information content (AvgIpc) is 2.69. The van der Waals surface area contributed by atoms with E-state index in [2.05, 4.69) is 30.6 Å². The zero-order valence-electron chi connectivity index (χ0n) is 11.6. The highest BCUT2D eigenvalue weighted by atomic mass is 79.9. The molecule has 0 saturated carbocycles. The van der Waals surface area contributed by atoms with Crippen LogP contribution in [0.3, 0.4) is 0 Å². The van der Waals surface area contributed by atoms with Crippen LogP contribution in [-0.4, -0.2) is 19.2 Å². The van der Waals surface area contributed by atoms with Gasteiger partial charge in [0, 0.05) is 16.2 Å². The molecule has 2 heterocycles. The number of benzene rings is 1. The van der Waals surface area contributed by atoms with Gasteiger partial charge in [0.1, 0.15) is 10.7 Å². The Morgan fingerprint density at radius 2 is 2.00 bits per heavy atom. The van der Waals surface area contributed by atoms with Crippen LogP contribution < -0.4 is 5.32 Å². The number of aromatic nitrogens is 1. The van der Waals surface area contributed by atoms with Crippen molar-refractivity contribution in [1.82, 2.24) is 4.98 Å². The fraction of sp³-hybridized carbons (Fsp3) is 0.0667. The van der Waals surface area contributed by atoms with Gasteiger partial charge >= 0.3 is 0 Å². The van der Waals surface area contributed by atoms with Gasteiger partial charge in [-0.15, -0.1) is 4.40 Å². The number of rotatable bonds is 2. The smallest absolute Gasteiger partial charge is 0.285 e. The van der Waals surface area contributed by atoms with Crippen molar-refractivity contribution in [2.24, 2.45) is 4.40 Å². The lowest BCUT2D eigenvalue weighted by Gasteiger charge is -2.06. The standard InChI is InChI=1S/C15H12BrN3O2S/c1-10-14(11-4-2-5-12(16)8-11)22(20,21)19-15(10)18-13-6-3-7-17-9-13/h2-9H,1H3,(H,18,19). The zero-order chi connectivity index (χ0) is 15.7. The quantitative estimate of drug-likeness (QED) is 0.869. The molecule has 0 unspecified atom stereocenters. The van der Waals surface area contributed by atoms with Crippen molar-refractivity contribution in [3.05, 3.63) is 64.4 Å². The summed E-state index contributed by atoms with van der Waals surface area (Å²) in [4.78, 5) is 4.21. The molecule has 112 valence electrons. The first kappa shape index (κ1) is 14.9. The molecule has 2 aromatic rings. The Morgan fingerprint density at radius 1 is 1.18 bits per heavy atom. The first-order chi connectivity index (χ1) is 10.5. The molecule has 3 rings (SSSR count). The first-order valence-electron chi connectivity index (χ1n) is 6.46. The van der Waals surface area contributed by atoms with Gasteiger partial charge in [-0.3, -0.25) is 4.98 Å². The second-order valence-electron chi connectivity index (χ2n) is 4.75. The molecule has 22 heavy (non-hydrogen) atoms. The van der Waals surface area contributed by atoms with E-state index in [0.29, 0.717) is 22.7 Å². The van der Waals surface area contributed by atoms with E-state index in [1.54, 1.807) is 49.6 Å². The number of hydrogen-bond acceptors (Lipinski definition) is 4. The van der Waals surface area contributed by atoms with E-state index in [1.807, 2.05) is 6.07 Å². The maximum absolute atomic E-state index is 12.4. The maximum atomic E-state index is 12.4. The predicted molar refractivity (Wildman–Crippen MR) is 91.0 cm³/mol. The Bertz CT molecular complexity index is 890. The third-order valence-electron chi connectivity index (χ3n) is 3.18. The van der Waals surface area contributed by atoms with E-state index in [1.165, 1.54) is 0 Å². The number of halogens is 1. The summed E-state index contributed by atoms with van der Waals surface area (Å²) in [5.41, 5.74) is 1.88. The van der Waals surface area contributed by atoms with Gasteiger partial charge in [-0.05, 0) is 36.8 Å². The van der Waals surface area contributed by atoms with E-state index in [4.69, 9.17) is 0 Å². The van der Waals surface area contributed by atoms with Crippen molar-refractivity contribution in [2.45, 2.75) is 6.92 Å². The van der Waals surface area contributed by atoms with E-state index in [-0.39, 0.29) is 4.91 Å². The SMILES string of the molecule is CC1=C(c2cccc(Br)c2)S(=O)(=O)N=C1Nc1cccnc1. The minimum Gasteiger partial charge on any atom is -0.338 e. The Balaban J connectivity index is 2.04. The summed E-state index contributed by atoms with van der Waals surface area (Å²) in [5, 5.41) is 3.00. The second kappa shape index (κ2) is 5.66. The van der Waals surface area contributed by atoms with Crippen molar-refractivity contribution >= 4 is 42.4 Å². The number of pyridine rings is 1. The minimum absolute atomic E-state index is 0.222. The summed E-state index contributed by atoms with van der Waals surface area (Å²) in [6.07, 6.45) is 3.26. The van der Waals surface area contributed by atoms with Gasteiger partial charge in [-0.25, -0.2) is 0 Å². The number of hydrogen-bond donors (Lipinski definition) is 1. The fourth-order valence-electron chi connectivity index (χ4n) is 2.22. The Morgan fingerprint density at radius 3 is 2.68 bits per heavy atom. The molecule has 1 aromatic heterocycles. The Labute approximate surface area is 137 Å². The third kappa shape index (κ3) is 2.82. The first-order valence-corrected chi connectivity index (χ1v) is 8.70. The highest BCUT2D eigenvalue weighted by Crippen LogP contribution is 2.33. The normalized spacial score (nSPS) is 16.5. The predicted octanol–water partition coefficient (Wildman–Crippen LogP) is 3.43. The summed E-state index contributed by atoms with van der Waals surface area (Å²) in [7, 11) is -3.71. The molecule has 1 aromatic carbocycles. The van der Waals surface area contributed by atoms with Gasteiger partial charge in [0.05, 0.1) is 11.9 Å². The molecule has 0 spiro atoms. The van der Waals surface area contributed by atoms with Gasteiger partial charge in [-0.1, -0.05) is 28.1 Å². The molecule has 0 amide bonds. The second-order valence-corrected chi connectivity index (χ2v) is 7.20. The van der Waals surface area contributed by atoms with E-state index in [0.717, 1.165) is 4.47 Å². The zero-order valence-corrected chi connectivity index (χ0v) is 14.0. The van der Waals surface area contributed by atoms with Crippen LogP contribution in [0.5, 0.6) is 0 Å². The molecular formula is C15H12BrN3O2S. The van der Waals surface area contributed by atoms with Crippen LogP contribution >= 0.6 is 15.9 Å². The Hall–Kier alpha value is -1.99. The van der Waals surface area contributed by atoms with Crippen molar-refractivity contribution in [3.63, 3.8) is 0 Å². The van der Waals surface area contributed by atoms with Gasteiger partial charge in [-0.2, -0.15) is 8.42 Å². The molecule has 0 fully saturated rings. The molecule has 1 aliphatic rings. The van der Waals surface area contributed by atoms with Crippen LogP contribution in [0.1, 0.15) is 12.5 Å². The number of amidine groups is 1. The molecule has 7 heteroatoms. The maximum Gasteiger partial charge on any atom is 0.285 e. The molecule has 0 radical (unpaired) electrons. The highest BCUT2D eigenvalue weighted by Gasteiger charge is 2.31. The van der Waals surface area contributed by atoms with E-state index in [9.17, 15) is 8.42 Å². The minimum atomic E-state index is -3.71. The van der Waals surface area contributed by atoms with E-state index >= 15 is 0 Å². The fourth-order valence-corrected chi connectivity index (χ4v) is 4.04.